The number of pyridine rings is 1. The lowest BCUT2D eigenvalue weighted by Gasteiger charge is -2.09. The number of carbonyl (C=O) groups is 4. The lowest BCUT2D eigenvalue weighted by molar-refractivity contribution is -0.119. The van der Waals surface area contributed by atoms with E-state index in [1.165, 1.54) is 39.5 Å². The number of carbonyl (C=O) groups excluding carboxylic acids is 4. The lowest BCUT2D eigenvalue weighted by Crippen LogP contribution is -2.22. The van der Waals surface area contributed by atoms with Crippen LogP contribution in [-0.4, -0.2) is 56.2 Å². The Bertz CT molecular complexity index is 969. The van der Waals surface area contributed by atoms with Crippen LogP contribution in [0.1, 0.15) is 42.9 Å². The summed E-state index contributed by atoms with van der Waals surface area (Å²) in [7, 11) is 2.38. The molecule has 160 valence electrons. The SMILES string of the molecule is CCOc1ncccc1C(=O)OCC(=O)Nc1sc(C(=O)OC)c(C)c1C(=O)OC. The van der Waals surface area contributed by atoms with Gasteiger partial charge in [0.1, 0.15) is 15.4 Å². The van der Waals surface area contributed by atoms with Crippen molar-refractivity contribution in [1.82, 2.24) is 4.98 Å². The van der Waals surface area contributed by atoms with Crippen LogP contribution >= 0.6 is 11.3 Å². The van der Waals surface area contributed by atoms with Crippen LogP contribution in [0, 0.1) is 6.92 Å². The molecular formula is C19H20N2O8S. The Morgan fingerprint density at radius 2 is 1.80 bits per heavy atom. The van der Waals surface area contributed by atoms with Gasteiger partial charge in [0.25, 0.3) is 5.91 Å². The Kier molecular flexibility index (Phi) is 7.87. The first-order valence-electron chi connectivity index (χ1n) is 8.68. The molecule has 0 unspecified atom stereocenters. The molecule has 2 heterocycles. The van der Waals surface area contributed by atoms with Gasteiger partial charge in [0.15, 0.2) is 6.61 Å². The van der Waals surface area contributed by atoms with E-state index in [1.807, 2.05) is 0 Å². The van der Waals surface area contributed by atoms with E-state index < -0.39 is 30.4 Å². The minimum absolute atomic E-state index is 0.0217. The molecule has 30 heavy (non-hydrogen) atoms. The van der Waals surface area contributed by atoms with Gasteiger partial charge >= 0.3 is 17.9 Å². The number of aromatic nitrogens is 1. The third-order valence-electron chi connectivity index (χ3n) is 3.77. The molecule has 0 atom stereocenters. The molecule has 2 aromatic heterocycles. The van der Waals surface area contributed by atoms with E-state index in [4.69, 9.17) is 14.2 Å². The molecule has 2 aromatic rings. The molecule has 2 rings (SSSR count). The molecule has 0 aliphatic rings. The smallest absolute Gasteiger partial charge is 0.348 e. The number of methoxy groups -OCH3 is 2. The van der Waals surface area contributed by atoms with Crippen LogP contribution in [0.3, 0.4) is 0 Å². The van der Waals surface area contributed by atoms with Crippen molar-refractivity contribution in [2.75, 3.05) is 32.8 Å². The highest BCUT2D eigenvalue weighted by Gasteiger charge is 2.27. The van der Waals surface area contributed by atoms with Crippen molar-refractivity contribution in [2.45, 2.75) is 13.8 Å². The van der Waals surface area contributed by atoms with Crippen LogP contribution < -0.4 is 10.1 Å². The van der Waals surface area contributed by atoms with Crippen LogP contribution in [-0.2, 0) is 19.0 Å². The molecule has 0 radical (unpaired) electrons. The largest absolute Gasteiger partial charge is 0.477 e. The van der Waals surface area contributed by atoms with Crippen molar-refractivity contribution in [1.29, 1.82) is 0 Å². The van der Waals surface area contributed by atoms with Crippen molar-refractivity contribution < 1.29 is 38.1 Å². The van der Waals surface area contributed by atoms with E-state index in [1.54, 1.807) is 6.92 Å². The summed E-state index contributed by atoms with van der Waals surface area (Å²) in [6, 6.07) is 2.99. The monoisotopic (exact) mass is 436 g/mol. The first kappa shape index (κ1) is 22.8. The van der Waals surface area contributed by atoms with Gasteiger partial charge in [0, 0.05) is 6.20 Å². The number of esters is 3. The standard InChI is InChI=1S/C19H20N2O8S/c1-5-28-15-11(7-6-8-20-15)17(23)29-9-12(22)21-16-13(18(24)26-3)10(2)14(30-16)19(25)27-4/h6-8H,5,9H2,1-4H3,(H,21,22). The first-order valence-corrected chi connectivity index (χ1v) is 9.50. The summed E-state index contributed by atoms with van der Waals surface area (Å²) < 4.78 is 19.7. The molecule has 0 fully saturated rings. The Balaban J connectivity index is 2.14. The number of nitrogens with zero attached hydrogens (tertiary/aromatic N) is 1. The molecule has 0 saturated heterocycles. The zero-order chi connectivity index (χ0) is 22.3. The fourth-order valence-corrected chi connectivity index (χ4v) is 3.54. The van der Waals surface area contributed by atoms with E-state index in [2.05, 4.69) is 15.0 Å². The molecule has 1 N–H and O–H groups in total. The van der Waals surface area contributed by atoms with E-state index in [9.17, 15) is 19.2 Å². The number of amides is 1. The van der Waals surface area contributed by atoms with Crippen LogP contribution in [0.4, 0.5) is 5.00 Å². The molecule has 0 aliphatic heterocycles. The molecule has 0 aliphatic carbocycles. The van der Waals surface area contributed by atoms with Crippen molar-refractivity contribution in [3.63, 3.8) is 0 Å². The number of hydrogen-bond acceptors (Lipinski definition) is 10. The molecule has 0 aromatic carbocycles. The second-order valence-corrected chi connectivity index (χ2v) is 6.68. The Hall–Kier alpha value is -3.47. The highest BCUT2D eigenvalue weighted by molar-refractivity contribution is 7.18. The minimum atomic E-state index is -0.799. The summed E-state index contributed by atoms with van der Waals surface area (Å²) in [5.74, 6) is -2.81. The van der Waals surface area contributed by atoms with E-state index >= 15 is 0 Å². The summed E-state index contributed by atoms with van der Waals surface area (Å²) in [4.78, 5) is 52.6. The summed E-state index contributed by atoms with van der Waals surface area (Å²) in [5.41, 5.74) is 0.401. The average molecular weight is 436 g/mol. The van der Waals surface area contributed by atoms with E-state index in [0.29, 0.717) is 12.2 Å². The number of rotatable bonds is 8. The molecule has 0 spiro atoms. The molecule has 1 amide bonds. The number of nitrogens with one attached hydrogen (secondary N) is 1. The summed E-state index contributed by atoms with van der Waals surface area (Å²) in [5, 5.41) is 2.54. The van der Waals surface area contributed by atoms with Crippen LogP contribution in [0.25, 0.3) is 0 Å². The molecule has 11 heteroatoms. The predicted molar refractivity (Wildman–Crippen MR) is 106 cm³/mol. The molecule has 10 nitrogen and oxygen atoms in total. The number of ether oxygens (including phenoxy) is 4. The van der Waals surface area contributed by atoms with Gasteiger partial charge in [-0.25, -0.2) is 19.4 Å². The Labute approximate surface area is 176 Å². The zero-order valence-electron chi connectivity index (χ0n) is 16.8. The second-order valence-electron chi connectivity index (χ2n) is 5.66. The van der Waals surface area contributed by atoms with Crippen molar-refractivity contribution in [3.8, 4) is 5.88 Å². The normalized spacial score (nSPS) is 10.1. The summed E-state index contributed by atoms with van der Waals surface area (Å²) in [6.45, 7) is 2.93. The van der Waals surface area contributed by atoms with Crippen LogP contribution in [0.5, 0.6) is 5.88 Å². The maximum Gasteiger partial charge on any atom is 0.348 e. The fraction of sp³-hybridized carbons (Fsp3) is 0.316. The van der Waals surface area contributed by atoms with Gasteiger partial charge < -0.3 is 24.3 Å². The van der Waals surface area contributed by atoms with Crippen molar-refractivity contribution >= 4 is 40.2 Å². The third kappa shape index (κ3) is 5.11. The minimum Gasteiger partial charge on any atom is -0.477 e. The van der Waals surface area contributed by atoms with Gasteiger partial charge in [-0.3, -0.25) is 4.79 Å². The van der Waals surface area contributed by atoms with Gasteiger partial charge in [-0.2, -0.15) is 0 Å². The van der Waals surface area contributed by atoms with Crippen molar-refractivity contribution in [2.24, 2.45) is 0 Å². The van der Waals surface area contributed by atoms with Gasteiger partial charge in [0.2, 0.25) is 5.88 Å². The number of thiophene rings is 1. The zero-order valence-corrected chi connectivity index (χ0v) is 17.6. The fourth-order valence-electron chi connectivity index (χ4n) is 2.41. The molecular weight excluding hydrogens is 416 g/mol. The van der Waals surface area contributed by atoms with Gasteiger partial charge in [-0.1, -0.05) is 0 Å². The third-order valence-corrected chi connectivity index (χ3v) is 4.95. The number of hydrogen-bond donors (Lipinski definition) is 1. The Morgan fingerprint density at radius 3 is 2.43 bits per heavy atom. The van der Waals surface area contributed by atoms with Gasteiger partial charge in [-0.05, 0) is 31.5 Å². The Morgan fingerprint density at radius 1 is 1.10 bits per heavy atom. The van der Waals surface area contributed by atoms with Gasteiger partial charge in [0.05, 0.1) is 26.4 Å². The first-order chi connectivity index (χ1) is 14.3. The highest BCUT2D eigenvalue weighted by Crippen LogP contribution is 2.34. The van der Waals surface area contributed by atoms with Gasteiger partial charge in [-0.15, -0.1) is 11.3 Å². The maximum absolute atomic E-state index is 12.3. The highest BCUT2D eigenvalue weighted by atomic mass is 32.1. The average Bonchev–Trinajstić information content (AvgIpc) is 3.07. The second kappa shape index (κ2) is 10.3. The van der Waals surface area contributed by atoms with Crippen LogP contribution in [0.15, 0.2) is 18.3 Å². The lowest BCUT2D eigenvalue weighted by atomic mass is 10.1. The molecule has 0 bridgehead atoms. The van der Waals surface area contributed by atoms with Crippen LogP contribution in [0.2, 0.25) is 0 Å². The maximum atomic E-state index is 12.3. The number of anilines is 1. The quantitative estimate of drug-likeness (QED) is 0.489. The summed E-state index contributed by atoms with van der Waals surface area (Å²) >= 11 is 0.853. The summed E-state index contributed by atoms with van der Waals surface area (Å²) in [6.07, 6.45) is 1.46. The molecule has 0 saturated carbocycles. The topological polar surface area (TPSA) is 130 Å². The van der Waals surface area contributed by atoms with E-state index in [-0.39, 0.29) is 26.9 Å². The van der Waals surface area contributed by atoms with E-state index in [0.717, 1.165) is 11.3 Å². The predicted octanol–water partition coefficient (Wildman–Crippen LogP) is 2.22. The van der Waals surface area contributed by atoms with Crippen molar-refractivity contribution in [3.05, 3.63) is 39.9 Å².